The zero-order chi connectivity index (χ0) is 19.6. The molecule has 27 heavy (non-hydrogen) atoms. The van der Waals surface area contributed by atoms with Crippen molar-refractivity contribution in [3.8, 4) is 11.6 Å². The molecule has 7 heteroatoms. The zero-order valence-corrected chi connectivity index (χ0v) is 16.8. The van der Waals surface area contributed by atoms with E-state index in [9.17, 15) is 4.79 Å². The number of halogens is 3. The Labute approximate surface area is 172 Å². The van der Waals surface area contributed by atoms with Gasteiger partial charge < -0.3 is 9.64 Å². The summed E-state index contributed by atoms with van der Waals surface area (Å²) in [7, 11) is 1.67. The van der Waals surface area contributed by atoms with Gasteiger partial charge in [0.2, 0.25) is 5.88 Å². The molecular weight excluding hydrogens is 407 g/mol. The number of carbonyl (C=O) groups is 1. The van der Waals surface area contributed by atoms with Crippen LogP contribution in [0.2, 0.25) is 15.1 Å². The molecule has 1 heterocycles. The Morgan fingerprint density at radius 1 is 1.04 bits per heavy atom. The zero-order valence-electron chi connectivity index (χ0n) is 14.5. The van der Waals surface area contributed by atoms with Crippen LogP contribution in [-0.4, -0.2) is 17.9 Å². The molecule has 0 bridgehead atoms. The van der Waals surface area contributed by atoms with Gasteiger partial charge in [0.1, 0.15) is 11.3 Å². The highest BCUT2D eigenvalue weighted by Crippen LogP contribution is 2.33. The average Bonchev–Trinajstić information content (AvgIpc) is 2.66. The molecule has 0 N–H and O–H groups in total. The van der Waals surface area contributed by atoms with E-state index < -0.39 is 0 Å². The van der Waals surface area contributed by atoms with Crippen molar-refractivity contribution in [3.63, 3.8) is 0 Å². The number of aromatic nitrogens is 1. The van der Waals surface area contributed by atoms with E-state index in [0.717, 1.165) is 5.56 Å². The number of aryl methyl sites for hydroxylation is 1. The summed E-state index contributed by atoms with van der Waals surface area (Å²) < 4.78 is 5.78. The Morgan fingerprint density at radius 2 is 1.74 bits per heavy atom. The molecule has 0 radical (unpaired) electrons. The van der Waals surface area contributed by atoms with E-state index in [2.05, 4.69) is 4.98 Å². The smallest absolute Gasteiger partial charge is 0.263 e. The molecule has 4 nitrogen and oxygen atoms in total. The SMILES string of the molecule is Cc1ccc(Cl)cc1N(C)C(=O)c1cccnc1Oc1cc(Cl)ccc1Cl. The third-order valence-corrected chi connectivity index (χ3v) is 4.72. The fraction of sp³-hybridized carbons (Fsp3) is 0.100. The quantitative estimate of drug-likeness (QED) is 0.488. The summed E-state index contributed by atoms with van der Waals surface area (Å²) in [5.74, 6) is 0.165. The topological polar surface area (TPSA) is 42.4 Å². The van der Waals surface area contributed by atoms with Crippen molar-refractivity contribution in [3.05, 3.63) is 80.9 Å². The molecule has 3 aromatic rings. The molecule has 0 saturated carbocycles. The number of carbonyl (C=O) groups excluding carboxylic acids is 1. The van der Waals surface area contributed by atoms with Crippen LogP contribution < -0.4 is 9.64 Å². The molecule has 0 fully saturated rings. The molecule has 0 unspecified atom stereocenters. The maximum absolute atomic E-state index is 13.1. The number of benzene rings is 2. The molecule has 0 spiro atoms. The van der Waals surface area contributed by atoms with Gasteiger partial charge in [-0.15, -0.1) is 0 Å². The number of amides is 1. The fourth-order valence-electron chi connectivity index (χ4n) is 2.53. The molecule has 138 valence electrons. The number of anilines is 1. The highest BCUT2D eigenvalue weighted by molar-refractivity contribution is 6.34. The highest BCUT2D eigenvalue weighted by atomic mass is 35.5. The van der Waals surface area contributed by atoms with Crippen molar-refractivity contribution in [2.24, 2.45) is 0 Å². The van der Waals surface area contributed by atoms with Gasteiger partial charge in [0.05, 0.1) is 5.02 Å². The van der Waals surface area contributed by atoms with Gasteiger partial charge in [-0.25, -0.2) is 4.98 Å². The second-order valence-corrected chi connectivity index (χ2v) is 7.11. The Kier molecular flexibility index (Phi) is 5.90. The number of nitrogens with zero attached hydrogens (tertiary/aromatic N) is 2. The maximum atomic E-state index is 13.1. The average molecular weight is 422 g/mol. The lowest BCUT2D eigenvalue weighted by Crippen LogP contribution is -2.27. The van der Waals surface area contributed by atoms with Crippen LogP contribution in [0.25, 0.3) is 0 Å². The van der Waals surface area contributed by atoms with Crippen LogP contribution in [0, 0.1) is 6.92 Å². The first-order valence-corrected chi connectivity index (χ1v) is 9.12. The van der Waals surface area contributed by atoms with Gasteiger partial charge in [-0.3, -0.25) is 4.79 Å². The van der Waals surface area contributed by atoms with E-state index >= 15 is 0 Å². The third-order valence-electron chi connectivity index (χ3n) is 3.94. The molecule has 3 rings (SSSR count). The van der Waals surface area contributed by atoms with E-state index in [1.165, 1.54) is 11.1 Å². The standard InChI is InChI=1S/C20H15Cl3N2O2/c1-12-5-6-13(21)10-17(12)25(2)20(26)15-4-3-9-24-19(15)27-18-11-14(22)7-8-16(18)23/h3-11H,1-2H3. The number of ether oxygens (including phenoxy) is 1. The lowest BCUT2D eigenvalue weighted by Gasteiger charge is -2.21. The van der Waals surface area contributed by atoms with Gasteiger partial charge >= 0.3 is 0 Å². The summed E-state index contributed by atoms with van der Waals surface area (Å²) in [6, 6.07) is 13.5. The van der Waals surface area contributed by atoms with Crippen LogP contribution in [0.5, 0.6) is 11.6 Å². The molecule has 0 saturated heterocycles. The van der Waals surface area contributed by atoms with Gasteiger partial charge in [-0.2, -0.15) is 0 Å². The van der Waals surface area contributed by atoms with E-state index in [4.69, 9.17) is 39.5 Å². The van der Waals surface area contributed by atoms with Crippen molar-refractivity contribution in [1.82, 2.24) is 4.98 Å². The minimum atomic E-state index is -0.290. The molecular formula is C20H15Cl3N2O2. The van der Waals surface area contributed by atoms with E-state index in [0.29, 0.717) is 26.5 Å². The van der Waals surface area contributed by atoms with Gasteiger partial charge in [-0.05, 0) is 48.9 Å². The molecule has 0 atom stereocenters. The van der Waals surface area contributed by atoms with E-state index in [1.807, 2.05) is 13.0 Å². The number of hydrogen-bond acceptors (Lipinski definition) is 3. The van der Waals surface area contributed by atoms with Crippen LogP contribution in [0.15, 0.2) is 54.7 Å². The summed E-state index contributed by atoms with van der Waals surface area (Å²) in [6.07, 6.45) is 1.54. The predicted octanol–water partition coefficient (Wildman–Crippen LogP) is 6.42. The summed E-state index contributed by atoms with van der Waals surface area (Å²) in [4.78, 5) is 18.8. The van der Waals surface area contributed by atoms with Crippen LogP contribution in [0.1, 0.15) is 15.9 Å². The minimum Gasteiger partial charge on any atom is -0.437 e. The van der Waals surface area contributed by atoms with E-state index in [-0.39, 0.29) is 17.4 Å². The largest absolute Gasteiger partial charge is 0.437 e. The highest BCUT2D eigenvalue weighted by Gasteiger charge is 2.21. The Balaban J connectivity index is 1.96. The van der Waals surface area contributed by atoms with Crippen molar-refractivity contribution >= 4 is 46.4 Å². The first kappa shape index (κ1) is 19.5. The lowest BCUT2D eigenvalue weighted by molar-refractivity contribution is 0.0990. The Bertz CT molecular complexity index is 1010. The van der Waals surface area contributed by atoms with Crippen LogP contribution >= 0.6 is 34.8 Å². The number of pyridine rings is 1. The molecule has 1 amide bonds. The van der Waals surface area contributed by atoms with Crippen LogP contribution in [0.4, 0.5) is 5.69 Å². The minimum absolute atomic E-state index is 0.137. The molecule has 0 aliphatic carbocycles. The van der Waals surface area contributed by atoms with Crippen molar-refractivity contribution in [1.29, 1.82) is 0 Å². The van der Waals surface area contributed by atoms with Crippen molar-refractivity contribution in [2.45, 2.75) is 6.92 Å². The second-order valence-electron chi connectivity index (χ2n) is 5.83. The van der Waals surface area contributed by atoms with Crippen LogP contribution in [0.3, 0.4) is 0 Å². The molecule has 1 aromatic heterocycles. The number of hydrogen-bond donors (Lipinski definition) is 0. The van der Waals surface area contributed by atoms with Crippen molar-refractivity contribution < 1.29 is 9.53 Å². The lowest BCUT2D eigenvalue weighted by atomic mass is 10.1. The van der Waals surface area contributed by atoms with E-state index in [1.54, 1.807) is 49.5 Å². The first-order valence-electron chi connectivity index (χ1n) is 7.99. The first-order chi connectivity index (χ1) is 12.9. The monoisotopic (exact) mass is 420 g/mol. The second kappa shape index (κ2) is 8.17. The summed E-state index contributed by atoms with van der Waals surface area (Å²) >= 11 is 18.2. The summed E-state index contributed by atoms with van der Waals surface area (Å²) in [6.45, 7) is 1.90. The third kappa shape index (κ3) is 4.35. The molecule has 2 aromatic carbocycles. The van der Waals surface area contributed by atoms with Gasteiger partial charge in [0, 0.05) is 35.0 Å². The normalized spacial score (nSPS) is 10.6. The van der Waals surface area contributed by atoms with Crippen LogP contribution in [-0.2, 0) is 0 Å². The van der Waals surface area contributed by atoms with Gasteiger partial charge in [0.15, 0.2) is 0 Å². The molecule has 0 aliphatic heterocycles. The molecule has 0 aliphatic rings. The fourth-order valence-corrected chi connectivity index (χ4v) is 3.01. The van der Waals surface area contributed by atoms with Crippen molar-refractivity contribution in [2.75, 3.05) is 11.9 Å². The predicted molar refractivity (Wildman–Crippen MR) is 110 cm³/mol. The van der Waals surface area contributed by atoms with Gasteiger partial charge in [0.25, 0.3) is 5.91 Å². The Hall–Kier alpha value is -2.27. The number of rotatable bonds is 4. The maximum Gasteiger partial charge on any atom is 0.263 e. The summed E-state index contributed by atoms with van der Waals surface area (Å²) in [5, 5.41) is 1.37. The summed E-state index contributed by atoms with van der Waals surface area (Å²) in [5.41, 5.74) is 1.90. The van der Waals surface area contributed by atoms with Gasteiger partial charge in [-0.1, -0.05) is 40.9 Å². The Morgan fingerprint density at radius 3 is 2.52 bits per heavy atom.